The number of hydrogen-bond acceptors (Lipinski definition) is 5. The van der Waals surface area contributed by atoms with Gasteiger partial charge in [0.2, 0.25) is 0 Å². The topological polar surface area (TPSA) is 76.2 Å². The molecule has 5 rings (SSSR count). The molecule has 166 valence electrons. The molecule has 1 N–H and O–H groups in total. The molecule has 0 radical (unpaired) electrons. The van der Waals surface area contributed by atoms with Crippen LogP contribution in [0.3, 0.4) is 0 Å². The zero-order chi connectivity index (χ0) is 22.2. The minimum atomic E-state index is -0.0352. The average Bonchev–Trinajstić information content (AvgIpc) is 3.36. The molecule has 0 aliphatic carbocycles. The fourth-order valence-electron chi connectivity index (χ4n) is 4.38. The fraction of sp³-hybridized carbons (Fsp3) is 0.375. The molecule has 32 heavy (non-hydrogen) atoms. The minimum absolute atomic E-state index is 0.0352. The van der Waals surface area contributed by atoms with Crippen LogP contribution in [0.2, 0.25) is 0 Å². The van der Waals surface area contributed by atoms with Crippen LogP contribution < -0.4 is 5.32 Å². The normalized spacial score (nSPS) is 14.5. The van der Waals surface area contributed by atoms with Gasteiger partial charge in [0.05, 0.1) is 24.6 Å². The van der Waals surface area contributed by atoms with Crippen molar-refractivity contribution < 1.29 is 9.53 Å². The summed E-state index contributed by atoms with van der Waals surface area (Å²) in [6.45, 7) is 9.63. The summed E-state index contributed by atoms with van der Waals surface area (Å²) < 4.78 is 9.53. The Balaban J connectivity index is 1.41. The summed E-state index contributed by atoms with van der Waals surface area (Å²) in [6.07, 6.45) is 4.04. The van der Waals surface area contributed by atoms with E-state index in [1.54, 1.807) is 0 Å². The second kappa shape index (κ2) is 8.37. The molecule has 4 aromatic heterocycles. The molecule has 1 aliphatic heterocycles. The summed E-state index contributed by atoms with van der Waals surface area (Å²) in [6, 6.07) is 8.24. The fourth-order valence-corrected chi connectivity index (χ4v) is 4.38. The molecule has 1 saturated heterocycles. The van der Waals surface area contributed by atoms with Gasteiger partial charge in [-0.05, 0) is 50.1 Å². The number of ether oxygens (including phenoxy) is 1. The Morgan fingerprint density at radius 3 is 2.72 bits per heavy atom. The van der Waals surface area contributed by atoms with Crippen molar-refractivity contribution in [3.8, 4) is 0 Å². The van der Waals surface area contributed by atoms with Gasteiger partial charge in [-0.1, -0.05) is 6.07 Å². The Hall–Kier alpha value is -3.23. The summed E-state index contributed by atoms with van der Waals surface area (Å²) in [5, 5.41) is 3.48. The summed E-state index contributed by atoms with van der Waals surface area (Å²) >= 11 is 0. The van der Waals surface area contributed by atoms with Gasteiger partial charge in [0, 0.05) is 44.3 Å². The highest BCUT2D eigenvalue weighted by Crippen LogP contribution is 2.19. The molecular formula is C24H28N6O2. The van der Waals surface area contributed by atoms with Crippen LogP contribution in [0.1, 0.15) is 38.7 Å². The van der Waals surface area contributed by atoms with Gasteiger partial charge in [-0.2, -0.15) is 0 Å². The van der Waals surface area contributed by atoms with Crippen molar-refractivity contribution in [3.05, 3.63) is 70.6 Å². The third-order valence-corrected chi connectivity index (χ3v) is 6.00. The van der Waals surface area contributed by atoms with Gasteiger partial charge >= 0.3 is 0 Å². The second-order valence-electron chi connectivity index (χ2n) is 8.43. The van der Waals surface area contributed by atoms with Gasteiger partial charge < -0.3 is 23.8 Å². The highest BCUT2D eigenvalue weighted by Gasteiger charge is 2.25. The van der Waals surface area contributed by atoms with Gasteiger partial charge in [-0.15, -0.1) is 0 Å². The standard InChI is InChI=1S/C24H28N6O2/c1-16-11-18(3)30-15-19(26-21(30)12-16)13-25-14-20-22(24(31)28-7-9-32-10-8-28)27-23-17(2)5-4-6-29(20)23/h4-6,11-12,15,25H,7-10,13-14H2,1-3H3. The zero-order valence-electron chi connectivity index (χ0n) is 18.8. The number of amides is 1. The number of aryl methyl sites for hydroxylation is 3. The lowest BCUT2D eigenvalue weighted by Gasteiger charge is -2.26. The molecule has 0 spiro atoms. The Kier molecular flexibility index (Phi) is 5.40. The van der Waals surface area contributed by atoms with E-state index in [4.69, 9.17) is 14.7 Å². The van der Waals surface area contributed by atoms with Crippen molar-refractivity contribution in [2.45, 2.75) is 33.9 Å². The third-order valence-electron chi connectivity index (χ3n) is 6.00. The molecule has 1 aliphatic rings. The number of pyridine rings is 2. The smallest absolute Gasteiger partial charge is 0.274 e. The quantitative estimate of drug-likeness (QED) is 0.525. The van der Waals surface area contributed by atoms with Crippen LogP contribution in [0.4, 0.5) is 0 Å². The lowest BCUT2D eigenvalue weighted by atomic mass is 10.2. The maximum Gasteiger partial charge on any atom is 0.274 e. The van der Waals surface area contributed by atoms with E-state index in [1.807, 2.05) is 34.6 Å². The Morgan fingerprint density at radius 2 is 1.91 bits per heavy atom. The molecule has 8 heteroatoms. The Labute approximate surface area is 186 Å². The van der Waals surface area contributed by atoms with Crippen LogP contribution in [-0.4, -0.2) is 55.9 Å². The number of carbonyl (C=O) groups excluding carboxylic acids is 1. The SMILES string of the molecule is Cc1cc(C)n2cc(CNCc3c(C(=O)N4CCOCC4)nc4c(C)cccn34)nc2c1. The van der Waals surface area contributed by atoms with Gasteiger partial charge in [0.25, 0.3) is 5.91 Å². The van der Waals surface area contributed by atoms with Crippen LogP contribution in [0.25, 0.3) is 11.3 Å². The number of nitrogens with one attached hydrogen (secondary N) is 1. The molecule has 8 nitrogen and oxygen atoms in total. The third kappa shape index (κ3) is 3.76. The van der Waals surface area contributed by atoms with E-state index < -0.39 is 0 Å². The van der Waals surface area contributed by atoms with Crippen LogP contribution in [0.5, 0.6) is 0 Å². The molecular weight excluding hydrogens is 404 g/mol. The molecule has 5 heterocycles. The van der Waals surface area contributed by atoms with E-state index in [1.165, 1.54) is 5.56 Å². The average molecular weight is 433 g/mol. The number of carbonyl (C=O) groups is 1. The number of nitrogens with zero attached hydrogens (tertiary/aromatic N) is 5. The first-order chi connectivity index (χ1) is 15.5. The number of aromatic nitrogens is 4. The number of rotatable bonds is 5. The first-order valence-electron chi connectivity index (χ1n) is 11.0. The largest absolute Gasteiger partial charge is 0.378 e. The monoisotopic (exact) mass is 432 g/mol. The van der Waals surface area contributed by atoms with Crippen molar-refractivity contribution in [3.63, 3.8) is 0 Å². The van der Waals surface area contributed by atoms with E-state index >= 15 is 0 Å². The van der Waals surface area contributed by atoms with Gasteiger partial charge in [-0.3, -0.25) is 4.79 Å². The molecule has 0 aromatic carbocycles. The Bertz CT molecular complexity index is 1300. The minimum Gasteiger partial charge on any atom is -0.378 e. The number of morpholine rings is 1. The predicted octanol–water partition coefficient (Wildman–Crippen LogP) is 2.67. The highest BCUT2D eigenvalue weighted by molar-refractivity contribution is 5.94. The van der Waals surface area contributed by atoms with Gasteiger partial charge in [-0.25, -0.2) is 9.97 Å². The molecule has 0 saturated carbocycles. The van der Waals surface area contributed by atoms with Crippen molar-refractivity contribution in [2.24, 2.45) is 0 Å². The van der Waals surface area contributed by atoms with E-state index in [2.05, 4.69) is 41.9 Å². The predicted molar refractivity (Wildman–Crippen MR) is 122 cm³/mol. The molecule has 0 atom stereocenters. The first kappa shape index (κ1) is 20.7. The van der Waals surface area contributed by atoms with Crippen molar-refractivity contribution >= 4 is 17.2 Å². The van der Waals surface area contributed by atoms with Crippen molar-refractivity contribution in [2.75, 3.05) is 26.3 Å². The second-order valence-corrected chi connectivity index (χ2v) is 8.43. The molecule has 0 unspecified atom stereocenters. The maximum atomic E-state index is 13.3. The zero-order valence-corrected chi connectivity index (χ0v) is 18.8. The molecule has 1 amide bonds. The lowest BCUT2D eigenvalue weighted by Crippen LogP contribution is -2.41. The van der Waals surface area contributed by atoms with Gasteiger partial charge in [0.15, 0.2) is 5.69 Å². The van der Waals surface area contributed by atoms with Crippen LogP contribution in [0, 0.1) is 20.8 Å². The highest BCUT2D eigenvalue weighted by atomic mass is 16.5. The lowest BCUT2D eigenvalue weighted by molar-refractivity contribution is 0.0298. The summed E-state index contributed by atoms with van der Waals surface area (Å²) in [5.41, 5.74) is 7.52. The van der Waals surface area contributed by atoms with Crippen molar-refractivity contribution in [1.82, 2.24) is 29.0 Å². The molecule has 0 bridgehead atoms. The van der Waals surface area contributed by atoms with E-state index in [-0.39, 0.29) is 5.91 Å². The summed E-state index contributed by atoms with van der Waals surface area (Å²) in [7, 11) is 0. The summed E-state index contributed by atoms with van der Waals surface area (Å²) in [4.78, 5) is 24.6. The summed E-state index contributed by atoms with van der Waals surface area (Å²) in [5.74, 6) is -0.0352. The number of hydrogen-bond donors (Lipinski definition) is 1. The van der Waals surface area contributed by atoms with Crippen molar-refractivity contribution in [1.29, 1.82) is 0 Å². The number of fused-ring (bicyclic) bond motifs is 2. The van der Waals surface area contributed by atoms with Crippen LogP contribution in [0.15, 0.2) is 36.7 Å². The van der Waals surface area contributed by atoms with Gasteiger partial charge in [0.1, 0.15) is 11.3 Å². The first-order valence-corrected chi connectivity index (χ1v) is 11.0. The van der Waals surface area contributed by atoms with E-state index in [9.17, 15) is 4.79 Å². The molecule has 1 fully saturated rings. The Morgan fingerprint density at radius 1 is 1.09 bits per heavy atom. The maximum absolute atomic E-state index is 13.3. The van der Waals surface area contributed by atoms with Crippen LogP contribution in [-0.2, 0) is 17.8 Å². The van der Waals surface area contributed by atoms with Crippen LogP contribution >= 0.6 is 0 Å². The molecule has 4 aromatic rings. The number of imidazole rings is 2. The van der Waals surface area contributed by atoms with E-state index in [0.717, 1.165) is 33.9 Å². The van der Waals surface area contributed by atoms with E-state index in [0.29, 0.717) is 45.1 Å².